The molecule has 0 aromatic heterocycles. The third-order valence-electron chi connectivity index (χ3n) is 1.14. The number of halogens is 3. The first-order valence-electron chi connectivity index (χ1n) is 2.74. The zero-order chi connectivity index (χ0) is 7.56. The Bertz CT molecular complexity index is 237. The van der Waals surface area contributed by atoms with E-state index in [0.717, 1.165) is 13.9 Å². The first-order valence-corrected chi connectivity index (χ1v) is 5.43. The van der Waals surface area contributed by atoms with Gasteiger partial charge < -0.3 is 0 Å². The highest BCUT2D eigenvalue weighted by atomic mass is 127. The minimum atomic E-state index is 0.772. The molecule has 0 amide bonds. The second kappa shape index (κ2) is 3.93. The summed E-state index contributed by atoms with van der Waals surface area (Å²) >= 11 is 11.5. The fraction of sp³-hybridized carbons (Fsp3) is 0.143. The van der Waals surface area contributed by atoms with Crippen LogP contribution < -0.4 is 0 Å². The molecule has 0 N–H and O–H groups in total. The molecule has 0 bridgehead atoms. The minimum absolute atomic E-state index is 0.772. The standard InChI is InChI=1S/C7H5BrClI/c8-6-3-5(4-10)1-2-7(6)9/h1-3H,4H2. The van der Waals surface area contributed by atoms with Crippen LogP contribution in [0.2, 0.25) is 5.02 Å². The van der Waals surface area contributed by atoms with E-state index in [1.807, 2.05) is 18.2 Å². The molecule has 0 spiro atoms. The van der Waals surface area contributed by atoms with Gasteiger partial charge in [-0.15, -0.1) is 0 Å². The van der Waals surface area contributed by atoms with Gasteiger partial charge in [0.15, 0.2) is 0 Å². The van der Waals surface area contributed by atoms with Crippen molar-refractivity contribution in [2.24, 2.45) is 0 Å². The molecule has 10 heavy (non-hydrogen) atoms. The molecule has 0 aliphatic heterocycles. The Morgan fingerprint density at radius 3 is 2.70 bits per heavy atom. The van der Waals surface area contributed by atoms with E-state index in [1.54, 1.807) is 0 Å². The van der Waals surface area contributed by atoms with Crippen LogP contribution in [0.4, 0.5) is 0 Å². The summed E-state index contributed by atoms with van der Waals surface area (Å²) in [4.78, 5) is 0. The summed E-state index contributed by atoms with van der Waals surface area (Å²) < 4.78 is 2.00. The zero-order valence-corrected chi connectivity index (χ0v) is 9.57. The van der Waals surface area contributed by atoms with Crippen LogP contribution in [0.1, 0.15) is 5.56 Å². The van der Waals surface area contributed by atoms with Crippen molar-refractivity contribution in [3.8, 4) is 0 Å². The maximum absolute atomic E-state index is 5.79. The molecule has 3 heteroatoms. The number of alkyl halides is 1. The molecular weight excluding hydrogens is 326 g/mol. The van der Waals surface area contributed by atoms with E-state index in [0.29, 0.717) is 0 Å². The van der Waals surface area contributed by atoms with E-state index in [9.17, 15) is 0 Å². The van der Waals surface area contributed by atoms with Crippen molar-refractivity contribution in [1.82, 2.24) is 0 Å². The van der Waals surface area contributed by atoms with Gasteiger partial charge in [0.05, 0.1) is 5.02 Å². The van der Waals surface area contributed by atoms with Crippen molar-refractivity contribution in [1.29, 1.82) is 0 Å². The topological polar surface area (TPSA) is 0 Å². The second-order valence-electron chi connectivity index (χ2n) is 1.88. The van der Waals surface area contributed by atoms with E-state index >= 15 is 0 Å². The van der Waals surface area contributed by atoms with Crippen molar-refractivity contribution in [3.63, 3.8) is 0 Å². The highest BCUT2D eigenvalue weighted by Gasteiger charge is 1.96. The van der Waals surface area contributed by atoms with Gasteiger partial charge in [-0.2, -0.15) is 0 Å². The molecule has 0 unspecified atom stereocenters. The number of benzene rings is 1. The van der Waals surface area contributed by atoms with E-state index in [1.165, 1.54) is 5.56 Å². The van der Waals surface area contributed by atoms with Crippen molar-refractivity contribution in [3.05, 3.63) is 33.3 Å². The van der Waals surface area contributed by atoms with Crippen molar-refractivity contribution in [2.75, 3.05) is 0 Å². The van der Waals surface area contributed by atoms with E-state index in [4.69, 9.17) is 11.6 Å². The fourth-order valence-corrected chi connectivity index (χ4v) is 1.64. The second-order valence-corrected chi connectivity index (χ2v) is 3.91. The number of rotatable bonds is 1. The molecule has 0 saturated heterocycles. The summed E-state index contributed by atoms with van der Waals surface area (Å²) in [6.07, 6.45) is 0. The van der Waals surface area contributed by atoms with E-state index in [-0.39, 0.29) is 0 Å². The quantitative estimate of drug-likeness (QED) is 0.538. The molecule has 0 aliphatic rings. The van der Waals surface area contributed by atoms with Gasteiger partial charge in [-0.05, 0) is 33.6 Å². The molecule has 54 valence electrons. The molecule has 1 aromatic carbocycles. The van der Waals surface area contributed by atoms with Crippen LogP contribution in [-0.4, -0.2) is 0 Å². The summed E-state index contributed by atoms with van der Waals surface area (Å²) in [6.45, 7) is 0. The SMILES string of the molecule is Clc1ccc(CI)cc1Br. The fourth-order valence-electron chi connectivity index (χ4n) is 0.623. The molecule has 0 atom stereocenters. The molecule has 1 rings (SSSR count). The molecule has 0 radical (unpaired) electrons. The first-order chi connectivity index (χ1) is 4.74. The van der Waals surface area contributed by atoms with Crippen molar-refractivity contribution in [2.45, 2.75) is 4.43 Å². The van der Waals surface area contributed by atoms with Crippen LogP contribution in [-0.2, 0) is 4.43 Å². The number of hydrogen-bond donors (Lipinski definition) is 0. The molecule has 0 fully saturated rings. The maximum Gasteiger partial charge on any atom is 0.0548 e. The smallest absolute Gasteiger partial charge is 0.0548 e. The van der Waals surface area contributed by atoms with Gasteiger partial charge in [-0.3, -0.25) is 0 Å². The lowest BCUT2D eigenvalue weighted by Gasteiger charge is -1.97. The van der Waals surface area contributed by atoms with Crippen LogP contribution in [0, 0.1) is 0 Å². The first kappa shape index (κ1) is 8.81. The van der Waals surface area contributed by atoms with Gasteiger partial charge in [0, 0.05) is 8.90 Å². The predicted molar refractivity (Wildman–Crippen MR) is 56.9 cm³/mol. The van der Waals surface area contributed by atoms with E-state index in [2.05, 4.69) is 38.5 Å². The minimum Gasteiger partial charge on any atom is -0.0831 e. The Morgan fingerprint density at radius 2 is 2.20 bits per heavy atom. The van der Waals surface area contributed by atoms with Crippen molar-refractivity contribution < 1.29 is 0 Å². The Kier molecular flexibility index (Phi) is 3.46. The lowest BCUT2D eigenvalue weighted by Crippen LogP contribution is -1.76. The monoisotopic (exact) mass is 330 g/mol. The van der Waals surface area contributed by atoms with Crippen LogP contribution in [0.3, 0.4) is 0 Å². The van der Waals surface area contributed by atoms with Crippen LogP contribution in [0.15, 0.2) is 22.7 Å². The molecule has 0 aliphatic carbocycles. The molecule has 0 heterocycles. The zero-order valence-electron chi connectivity index (χ0n) is 5.07. The average Bonchev–Trinajstić information content (AvgIpc) is 1.95. The van der Waals surface area contributed by atoms with Gasteiger partial charge in [0.25, 0.3) is 0 Å². The van der Waals surface area contributed by atoms with Gasteiger partial charge in [0.2, 0.25) is 0 Å². The third kappa shape index (κ3) is 2.10. The predicted octanol–water partition coefficient (Wildman–Crippen LogP) is 4.04. The normalized spacial score (nSPS) is 9.90. The van der Waals surface area contributed by atoms with Crippen molar-refractivity contribution >= 4 is 50.1 Å². The summed E-state index contributed by atoms with van der Waals surface area (Å²) in [5.41, 5.74) is 1.29. The summed E-state index contributed by atoms with van der Waals surface area (Å²) in [5.74, 6) is 0. The van der Waals surface area contributed by atoms with Crippen LogP contribution in [0.25, 0.3) is 0 Å². The van der Waals surface area contributed by atoms with Gasteiger partial charge in [-0.25, -0.2) is 0 Å². The summed E-state index contributed by atoms with van der Waals surface area (Å²) in [6, 6.07) is 5.97. The van der Waals surface area contributed by atoms with Gasteiger partial charge in [0.1, 0.15) is 0 Å². The molecule has 0 nitrogen and oxygen atoms in total. The van der Waals surface area contributed by atoms with Crippen LogP contribution >= 0.6 is 50.1 Å². The largest absolute Gasteiger partial charge is 0.0831 e. The Balaban J connectivity index is 3.04. The summed E-state index contributed by atoms with van der Waals surface area (Å²) in [7, 11) is 0. The average molecular weight is 331 g/mol. The van der Waals surface area contributed by atoms with Gasteiger partial charge in [-0.1, -0.05) is 40.3 Å². The van der Waals surface area contributed by atoms with E-state index < -0.39 is 0 Å². The van der Waals surface area contributed by atoms with Crippen LogP contribution in [0.5, 0.6) is 0 Å². The Labute approximate surface area is 87.2 Å². The number of hydrogen-bond acceptors (Lipinski definition) is 0. The molecule has 0 saturated carbocycles. The highest BCUT2D eigenvalue weighted by molar-refractivity contribution is 14.1. The molecular formula is C7H5BrClI. The Hall–Kier alpha value is 0.720. The van der Waals surface area contributed by atoms with Gasteiger partial charge >= 0.3 is 0 Å². The maximum atomic E-state index is 5.79. The molecule has 1 aromatic rings. The highest BCUT2D eigenvalue weighted by Crippen LogP contribution is 2.23. The lowest BCUT2D eigenvalue weighted by molar-refractivity contribution is 1.44. The lowest BCUT2D eigenvalue weighted by atomic mass is 10.2. The summed E-state index contributed by atoms with van der Waals surface area (Å²) in [5, 5.41) is 0.772. The third-order valence-corrected chi connectivity index (χ3v) is 3.23. The Morgan fingerprint density at radius 1 is 1.50 bits per heavy atom.